The summed E-state index contributed by atoms with van der Waals surface area (Å²) < 4.78 is 22.3. The van der Waals surface area contributed by atoms with Crippen molar-refractivity contribution in [2.45, 2.75) is 26.8 Å². The largest absolute Gasteiger partial charge is 0.497 e. The van der Waals surface area contributed by atoms with Gasteiger partial charge < -0.3 is 18.9 Å². The van der Waals surface area contributed by atoms with Crippen LogP contribution in [-0.4, -0.2) is 45.2 Å². The lowest BCUT2D eigenvalue weighted by Gasteiger charge is -2.20. The molecule has 32 heavy (non-hydrogen) atoms. The van der Waals surface area contributed by atoms with Gasteiger partial charge in [-0.15, -0.1) is 0 Å². The number of amides is 1. The highest BCUT2D eigenvalue weighted by atomic mass is 35.5. The number of methoxy groups -OCH3 is 2. The third-order valence-corrected chi connectivity index (χ3v) is 4.58. The van der Waals surface area contributed by atoms with Crippen molar-refractivity contribution in [1.82, 2.24) is 0 Å². The molecule has 0 N–H and O–H groups in total. The summed E-state index contributed by atoms with van der Waals surface area (Å²) in [6.07, 6.45) is 0. The second-order valence-corrected chi connectivity index (χ2v) is 6.72. The van der Waals surface area contributed by atoms with Crippen LogP contribution in [0.1, 0.15) is 20.8 Å². The molecule has 0 radical (unpaired) electrons. The highest BCUT2D eigenvalue weighted by Gasteiger charge is 2.30. The maximum Gasteiger partial charge on any atom is 0.276 e. The molecule has 0 aliphatic carbocycles. The number of azo groups is 1. The molecule has 0 saturated heterocycles. The summed E-state index contributed by atoms with van der Waals surface area (Å²) in [7, 11) is 2.98. The van der Waals surface area contributed by atoms with Crippen molar-refractivity contribution in [3.05, 3.63) is 36.4 Å². The van der Waals surface area contributed by atoms with E-state index in [1.54, 1.807) is 43.3 Å². The Balaban J connectivity index is 2.37. The Labute approximate surface area is 192 Å². The van der Waals surface area contributed by atoms with E-state index >= 15 is 0 Å². The van der Waals surface area contributed by atoms with Gasteiger partial charge in [-0.3, -0.25) is 9.59 Å². The Morgan fingerprint density at radius 1 is 0.969 bits per heavy atom. The minimum Gasteiger partial charge on any atom is -0.497 e. The summed E-state index contributed by atoms with van der Waals surface area (Å²) in [6, 6.07) is 8.29. The van der Waals surface area contributed by atoms with E-state index in [2.05, 4.69) is 10.2 Å². The second kappa shape index (κ2) is 11.9. The molecule has 0 aromatic heterocycles. The highest BCUT2D eigenvalue weighted by molar-refractivity contribution is 6.39. The molecule has 10 heteroatoms. The summed E-state index contributed by atoms with van der Waals surface area (Å²) in [6.45, 7) is 5.65. The molecule has 2 aromatic carbocycles. The number of carbonyl (C=O) groups excluding carboxylic acids is 2. The lowest BCUT2D eigenvalue weighted by molar-refractivity contribution is -0.126. The zero-order valence-electron chi connectivity index (χ0n) is 18.6. The minimum absolute atomic E-state index is 0.230. The number of nitrogens with zero attached hydrogens (tertiary/aromatic N) is 3. The van der Waals surface area contributed by atoms with Crippen LogP contribution in [0.15, 0.2) is 46.6 Å². The first-order chi connectivity index (χ1) is 15.4. The monoisotopic (exact) mass is 463 g/mol. The average Bonchev–Trinajstić information content (AvgIpc) is 2.79. The number of Topliss-reactive ketones (excluding diaryl/α,β-unsaturated/α-hetero) is 1. The quantitative estimate of drug-likeness (QED) is 0.271. The third kappa shape index (κ3) is 6.10. The molecule has 1 unspecified atom stereocenters. The fraction of sp³-hybridized carbons (Fsp3) is 0.364. The summed E-state index contributed by atoms with van der Waals surface area (Å²) in [5, 5.41) is 7.98. The predicted octanol–water partition coefficient (Wildman–Crippen LogP) is 4.73. The van der Waals surface area contributed by atoms with Crippen LogP contribution < -0.4 is 23.4 Å². The van der Waals surface area contributed by atoms with E-state index in [9.17, 15) is 9.59 Å². The van der Waals surface area contributed by atoms with Crippen LogP contribution in [-0.2, 0) is 9.59 Å². The van der Waals surface area contributed by atoms with Crippen molar-refractivity contribution < 1.29 is 28.5 Å². The van der Waals surface area contributed by atoms with Gasteiger partial charge in [0.2, 0.25) is 6.04 Å². The number of ketones is 1. The van der Waals surface area contributed by atoms with E-state index in [4.69, 9.17) is 30.7 Å². The van der Waals surface area contributed by atoms with Gasteiger partial charge in [0.15, 0.2) is 5.78 Å². The number of carbonyl (C=O) groups is 2. The number of hydrogen-bond donors (Lipinski definition) is 0. The smallest absolute Gasteiger partial charge is 0.276 e. The van der Waals surface area contributed by atoms with Crippen molar-refractivity contribution in [3.63, 3.8) is 0 Å². The molecule has 0 aliphatic heterocycles. The summed E-state index contributed by atoms with van der Waals surface area (Å²) in [5.41, 5.74) is 0.551. The van der Waals surface area contributed by atoms with E-state index in [-0.39, 0.29) is 5.69 Å². The van der Waals surface area contributed by atoms with Crippen molar-refractivity contribution >= 4 is 34.8 Å². The lowest BCUT2D eigenvalue weighted by Crippen LogP contribution is -2.36. The maximum absolute atomic E-state index is 13.1. The first-order valence-electron chi connectivity index (χ1n) is 9.88. The zero-order chi connectivity index (χ0) is 23.7. The second-order valence-electron chi connectivity index (χ2n) is 6.38. The standard InChI is InChI=1S/C22H26ClN3O6/c1-6-31-16-9-11-19(32-7-2)18(12-16)26(23)22(28)21(14(3)27)25-24-17-10-8-15(29-4)13-20(17)30-5/h8-13,21H,6-7H2,1-5H3. The van der Waals surface area contributed by atoms with E-state index in [0.717, 1.165) is 4.42 Å². The topological polar surface area (TPSA) is 99.0 Å². The molecule has 1 amide bonds. The lowest BCUT2D eigenvalue weighted by atomic mass is 10.2. The van der Waals surface area contributed by atoms with Crippen molar-refractivity contribution in [2.75, 3.05) is 31.9 Å². The van der Waals surface area contributed by atoms with Crippen LogP contribution in [0.25, 0.3) is 0 Å². The molecule has 1 atom stereocenters. The van der Waals surface area contributed by atoms with Crippen molar-refractivity contribution in [3.8, 4) is 23.0 Å². The van der Waals surface area contributed by atoms with Gasteiger partial charge in [0, 0.05) is 23.9 Å². The molecule has 9 nitrogen and oxygen atoms in total. The van der Waals surface area contributed by atoms with Gasteiger partial charge in [-0.25, -0.2) is 4.42 Å². The number of halogens is 1. The third-order valence-electron chi connectivity index (χ3n) is 4.23. The van der Waals surface area contributed by atoms with Crippen LogP contribution in [0.5, 0.6) is 23.0 Å². The molecule has 0 saturated carbocycles. The molecule has 2 aromatic rings. The van der Waals surface area contributed by atoms with Crippen molar-refractivity contribution in [2.24, 2.45) is 10.2 Å². The highest BCUT2D eigenvalue weighted by Crippen LogP contribution is 2.35. The number of rotatable bonds is 11. The first-order valence-corrected chi connectivity index (χ1v) is 10.2. The summed E-state index contributed by atoms with van der Waals surface area (Å²) in [5.74, 6) is 0.461. The van der Waals surface area contributed by atoms with Gasteiger partial charge in [-0.05, 0) is 45.0 Å². The van der Waals surface area contributed by atoms with Crippen LogP contribution >= 0.6 is 11.8 Å². The summed E-state index contributed by atoms with van der Waals surface area (Å²) in [4.78, 5) is 25.3. The van der Waals surface area contributed by atoms with E-state index in [0.29, 0.717) is 41.9 Å². The Morgan fingerprint density at radius 3 is 2.25 bits per heavy atom. The molecule has 2 rings (SSSR count). The van der Waals surface area contributed by atoms with Gasteiger partial charge in [-0.2, -0.15) is 10.2 Å². The van der Waals surface area contributed by atoms with Gasteiger partial charge in [0.25, 0.3) is 5.91 Å². The number of hydrogen-bond acceptors (Lipinski definition) is 8. The molecule has 172 valence electrons. The Bertz CT molecular complexity index is 982. The fourth-order valence-corrected chi connectivity index (χ4v) is 2.93. The van der Waals surface area contributed by atoms with E-state index in [1.807, 2.05) is 6.92 Å². The fourth-order valence-electron chi connectivity index (χ4n) is 2.70. The maximum atomic E-state index is 13.1. The minimum atomic E-state index is -1.47. The SMILES string of the molecule is CCOc1ccc(OCC)c(N(Cl)C(=O)C(N=Nc2ccc(OC)cc2OC)C(C)=O)c1. The average molecular weight is 464 g/mol. The van der Waals surface area contributed by atoms with E-state index in [1.165, 1.54) is 21.1 Å². The van der Waals surface area contributed by atoms with E-state index < -0.39 is 17.7 Å². The Morgan fingerprint density at radius 2 is 1.66 bits per heavy atom. The van der Waals surface area contributed by atoms with Gasteiger partial charge in [-0.1, -0.05) is 0 Å². The predicted molar refractivity (Wildman–Crippen MR) is 121 cm³/mol. The molecule has 0 bridgehead atoms. The summed E-state index contributed by atoms with van der Waals surface area (Å²) >= 11 is 6.34. The number of anilines is 1. The number of benzene rings is 2. The molecular weight excluding hydrogens is 438 g/mol. The van der Waals surface area contributed by atoms with Gasteiger partial charge in [0.05, 0.1) is 27.4 Å². The normalized spacial score (nSPS) is 11.7. The number of ether oxygens (including phenoxy) is 4. The molecule has 0 spiro atoms. The van der Waals surface area contributed by atoms with Crippen molar-refractivity contribution in [1.29, 1.82) is 0 Å². The zero-order valence-corrected chi connectivity index (χ0v) is 19.4. The van der Waals surface area contributed by atoms with Gasteiger partial charge >= 0.3 is 0 Å². The van der Waals surface area contributed by atoms with Crippen LogP contribution in [0.3, 0.4) is 0 Å². The van der Waals surface area contributed by atoms with Crippen LogP contribution in [0, 0.1) is 0 Å². The van der Waals surface area contributed by atoms with Crippen LogP contribution in [0.2, 0.25) is 0 Å². The van der Waals surface area contributed by atoms with Crippen LogP contribution in [0.4, 0.5) is 11.4 Å². The molecule has 0 aliphatic rings. The Kier molecular flexibility index (Phi) is 9.27. The molecule has 0 fully saturated rings. The first kappa shape index (κ1) is 24.9. The molecule has 0 heterocycles. The van der Waals surface area contributed by atoms with Gasteiger partial charge in [0.1, 0.15) is 34.4 Å². The molecular formula is C22H26ClN3O6. The Hall–Kier alpha value is -3.33.